The van der Waals surface area contributed by atoms with Crippen LogP contribution < -0.4 is 5.32 Å². The Balaban J connectivity index is 1.37. The lowest BCUT2D eigenvalue weighted by Crippen LogP contribution is -2.49. The molecule has 1 aromatic heterocycles. The second kappa shape index (κ2) is 6.27. The minimum atomic E-state index is 0.276. The molecule has 1 aromatic carbocycles. The van der Waals surface area contributed by atoms with Crippen molar-refractivity contribution in [2.75, 3.05) is 20.1 Å². The highest BCUT2D eigenvalue weighted by molar-refractivity contribution is 5.91. The lowest BCUT2D eigenvalue weighted by Gasteiger charge is -2.45. The number of fused-ring (bicyclic) bond motifs is 2. The number of nitrogens with zero attached hydrogens (tertiary/aromatic N) is 1. The molecule has 0 amide bonds. The fraction of sp³-hybridized carbons (Fsp3) is 0.500. The first-order valence-corrected chi connectivity index (χ1v) is 9.95. The summed E-state index contributed by atoms with van der Waals surface area (Å²) in [6, 6.07) is 7.33. The highest BCUT2D eigenvalue weighted by atomic mass is 16.1. The van der Waals surface area contributed by atoms with Crippen molar-refractivity contribution in [2.45, 2.75) is 44.1 Å². The Labute approximate surface area is 154 Å². The van der Waals surface area contributed by atoms with E-state index >= 15 is 0 Å². The van der Waals surface area contributed by atoms with Gasteiger partial charge in [-0.2, -0.15) is 0 Å². The van der Waals surface area contributed by atoms with E-state index in [2.05, 4.69) is 46.6 Å². The molecule has 2 N–H and O–H groups in total. The first kappa shape index (κ1) is 16.1. The topological polar surface area (TPSA) is 48.1 Å². The van der Waals surface area contributed by atoms with Crippen molar-refractivity contribution in [1.29, 1.82) is 0 Å². The second-order valence-electron chi connectivity index (χ2n) is 8.37. The molecular weight excluding hydrogens is 322 g/mol. The van der Waals surface area contributed by atoms with E-state index in [1.807, 2.05) is 6.08 Å². The van der Waals surface area contributed by atoms with Gasteiger partial charge in [0.15, 0.2) is 5.78 Å². The summed E-state index contributed by atoms with van der Waals surface area (Å²) in [5, 5.41) is 5.05. The van der Waals surface area contributed by atoms with Crippen molar-refractivity contribution in [3.8, 4) is 0 Å². The smallest absolute Gasteiger partial charge is 0.157 e. The average Bonchev–Trinajstić information content (AvgIpc) is 3.06. The Bertz CT molecular complexity index is 881. The molecule has 3 atom stereocenters. The molecule has 2 aromatic rings. The number of carbonyl (C=O) groups is 1. The third-order valence-corrected chi connectivity index (χ3v) is 6.63. The zero-order valence-electron chi connectivity index (χ0n) is 15.4. The van der Waals surface area contributed by atoms with Crippen molar-refractivity contribution in [1.82, 2.24) is 15.2 Å². The minimum Gasteiger partial charge on any atom is -0.388 e. The molecule has 5 rings (SSSR count). The Hall–Kier alpha value is -2.07. The number of nitrogens with one attached hydrogen (secondary N) is 2. The summed E-state index contributed by atoms with van der Waals surface area (Å²) in [5.41, 5.74) is 5.43. The molecule has 0 saturated carbocycles. The van der Waals surface area contributed by atoms with Gasteiger partial charge in [0.05, 0.1) is 0 Å². The van der Waals surface area contributed by atoms with E-state index in [-0.39, 0.29) is 5.78 Å². The van der Waals surface area contributed by atoms with Crippen LogP contribution in [-0.4, -0.2) is 41.8 Å². The van der Waals surface area contributed by atoms with Crippen molar-refractivity contribution >= 4 is 16.7 Å². The molecule has 4 nitrogen and oxygen atoms in total. The first-order chi connectivity index (χ1) is 12.7. The van der Waals surface area contributed by atoms with E-state index < -0.39 is 0 Å². The van der Waals surface area contributed by atoms with Gasteiger partial charge in [0, 0.05) is 60.3 Å². The lowest BCUT2D eigenvalue weighted by molar-refractivity contribution is -0.115. The van der Waals surface area contributed by atoms with Gasteiger partial charge in [0.1, 0.15) is 0 Å². The Kier molecular flexibility index (Phi) is 3.89. The molecule has 4 heteroatoms. The molecule has 1 saturated heterocycles. The number of aromatic amines is 1. The Morgan fingerprint density at radius 3 is 3.12 bits per heavy atom. The van der Waals surface area contributed by atoms with Gasteiger partial charge in [0.2, 0.25) is 0 Å². The highest BCUT2D eigenvalue weighted by Crippen LogP contribution is 2.44. The van der Waals surface area contributed by atoms with Gasteiger partial charge in [-0.15, -0.1) is 0 Å². The van der Waals surface area contributed by atoms with Crippen LogP contribution in [0.25, 0.3) is 10.9 Å². The first-order valence-electron chi connectivity index (χ1n) is 9.95. The maximum Gasteiger partial charge on any atom is 0.157 e. The van der Waals surface area contributed by atoms with Crippen LogP contribution >= 0.6 is 0 Å². The van der Waals surface area contributed by atoms with Crippen molar-refractivity contribution in [3.63, 3.8) is 0 Å². The second-order valence-corrected chi connectivity index (χ2v) is 8.37. The molecule has 26 heavy (non-hydrogen) atoms. The SMILES string of the molecule is CN1CC(CNC2=CC(=O)CCC2)CC2c3cccc4[nH]cc(c34)C[C@H]21. The number of piperidine rings is 1. The summed E-state index contributed by atoms with van der Waals surface area (Å²) in [6.07, 6.45) is 9.14. The Morgan fingerprint density at radius 2 is 2.23 bits per heavy atom. The molecule has 0 bridgehead atoms. The van der Waals surface area contributed by atoms with Crippen LogP contribution in [0.2, 0.25) is 0 Å². The van der Waals surface area contributed by atoms with Gasteiger partial charge in [-0.3, -0.25) is 4.79 Å². The van der Waals surface area contributed by atoms with Crippen LogP contribution in [0.5, 0.6) is 0 Å². The van der Waals surface area contributed by atoms with Crippen molar-refractivity contribution in [3.05, 3.63) is 47.3 Å². The van der Waals surface area contributed by atoms with Crippen LogP contribution in [-0.2, 0) is 11.2 Å². The summed E-state index contributed by atoms with van der Waals surface area (Å²) in [5.74, 6) is 1.50. The summed E-state index contributed by atoms with van der Waals surface area (Å²) in [4.78, 5) is 17.7. The highest BCUT2D eigenvalue weighted by Gasteiger charge is 2.39. The number of ketones is 1. The normalized spacial score (nSPS) is 28.7. The number of H-pyrrole nitrogens is 1. The fourth-order valence-electron chi connectivity index (χ4n) is 5.41. The summed E-state index contributed by atoms with van der Waals surface area (Å²) in [6.45, 7) is 2.10. The number of benzene rings is 1. The molecule has 1 fully saturated rings. The van der Waals surface area contributed by atoms with Crippen molar-refractivity contribution < 1.29 is 4.79 Å². The zero-order chi connectivity index (χ0) is 17.7. The molecule has 3 aliphatic rings. The van der Waals surface area contributed by atoms with Crippen LogP contribution in [0.1, 0.15) is 42.7 Å². The van der Waals surface area contributed by atoms with Gasteiger partial charge >= 0.3 is 0 Å². The molecule has 0 spiro atoms. The van der Waals surface area contributed by atoms with E-state index in [0.717, 1.165) is 38.0 Å². The standard InChI is InChI=1S/C22H27N3O/c1-25-13-14(11-23-16-4-2-5-17(26)10-16)8-19-18-6-3-7-20-22(18)15(12-24-20)9-21(19)25/h3,6-7,10,12,14,19,21,23-24H,2,4-5,8-9,11,13H2,1H3/t14?,19?,21-/m1/s1. The molecule has 2 unspecified atom stereocenters. The Morgan fingerprint density at radius 1 is 1.31 bits per heavy atom. The van der Waals surface area contributed by atoms with Crippen LogP contribution in [0.3, 0.4) is 0 Å². The lowest BCUT2D eigenvalue weighted by atomic mass is 9.72. The maximum absolute atomic E-state index is 11.6. The third kappa shape index (κ3) is 2.67. The number of hydrogen-bond acceptors (Lipinski definition) is 3. The van der Waals surface area contributed by atoms with E-state index in [1.165, 1.54) is 28.5 Å². The monoisotopic (exact) mass is 349 g/mol. The number of aromatic nitrogens is 1. The van der Waals surface area contributed by atoms with E-state index in [4.69, 9.17) is 0 Å². The predicted octanol–water partition coefficient (Wildman–Crippen LogP) is 3.35. The summed E-state index contributed by atoms with van der Waals surface area (Å²) >= 11 is 0. The van der Waals surface area contributed by atoms with Crippen molar-refractivity contribution in [2.24, 2.45) is 5.92 Å². The van der Waals surface area contributed by atoms with Gasteiger partial charge in [-0.1, -0.05) is 12.1 Å². The van der Waals surface area contributed by atoms with Gasteiger partial charge in [0.25, 0.3) is 0 Å². The van der Waals surface area contributed by atoms with E-state index in [0.29, 0.717) is 24.3 Å². The van der Waals surface area contributed by atoms with Gasteiger partial charge in [-0.25, -0.2) is 0 Å². The summed E-state index contributed by atoms with van der Waals surface area (Å²) < 4.78 is 0. The fourth-order valence-corrected chi connectivity index (χ4v) is 5.41. The van der Waals surface area contributed by atoms with Gasteiger partial charge in [-0.05, 0) is 55.8 Å². The van der Waals surface area contributed by atoms with Crippen LogP contribution in [0.4, 0.5) is 0 Å². The number of rotatable bonds is 3. The van der Waals surface area contributed by atoms with Gasteiger partial charge < -0.3 is 15.2 Å². The quantitative estimate of drug-likeness (QED) is 0.893. The van der Waals surface area contributed by atoms with Crippen LogP contribution in [0, 0.1) is 5.92 Å². The number of allylic oxidation sites excluding steroid dienone is 2. The average molecular weight is 349 g/mol. The number of carbonyl (C=O) groups excluding carboxylic acids is 1. The van der Waals surface area contributed by atoms with E-state index in [9.17, 15) is 4.79 Å². The number of likely N-dealkylation sites (N-methyl/N-ethyl adjacent to an activating group) is 1. The molecular formula is C22H27N3O. The molecule has 136 valence electrons. The molecule has 2 aliphatic carbocycles. The predicted molar refractivity (Wildman–Crippen MR) is 104 cm³/mol. The number of likely N-dealkylation sites (tertiary alicyclic amines) is 1. The van der Waals surface area contributed by atoms with E-state index in [1.54, 1.807) is 0 Å². The molecule has 2 heterocycles. The maximum atomic E-state index is 11.6. The minimum absolute atomic E-state index is 0.276. The number of hydrogen-bond donors (Lipinski definition) is 2. The zero-order valence-corrected chi connectivity index (χ0v) is 15.4. The summed E-state index contributed by atoms with van der Waals surface area (Å²) in [7, 11) is 2.28. The molecule has 0 radical (unpaired) electrons. The van der Waals surface area contributed by atoms with Crippen LogP contribution in [0.15, 0.2) is 36.2 Å². The largest absolute Gasteiger partial charge is 0.388 e. The molecule has 1 aliphatic heterocycles. The third-order valence-electron chi connectivity index (χ3n) is 6.63.